The maximum atomic E-state index is 6.15. The number of imidazole rings is 2. The molecule has 0 atom stereocenters. The van der Waals surface area contributed by atoms with Gasteiger partial charge in [-0.3, -0.25) is 4.90 Å². The predicted octanol–water partition coefficient (Wildman–Crippen LogP) is 10.4. The monoisotopic (exact) mass is 976 g/mol. The molecule has 340 valence electrons. The lowest BCUT2D eigenvalue weighted by atomic mass is 10.0. The number of aromatic nitrogens is 10. The van der Waals surface area contributed by atoms with Crippen molar-refractivity contribution in [2.75, 3.05) is 51.8 Å². The largest absolute Gasteiger partial charge is 0.475 e. The van der Waals surface area contributed by atoms with E-state index in [-0.39, 0.29) is 0 Å². The standard InChI is InChI=1S/C23H24Cl2N6O.C12H11Cl3N2O.C11H14N4/c1-16-13-22(28-31(16)18-4-5-19(24)20(25)14-18)32-12-11-29-9-6-17(7-10-29)30-15-27-21-3-2-8-26-23(21)30;1-8-6-12(18-5-4-13)16-17(8)9-2-3-10(14)11(15)7-9;1-2-10-11(13-5-1)15(8-14-10)9-3-6-12-7-4-9/h2-5,8,13-15,17H,6-7,9-12H2,1H3;2-3,6-7H,4-5H2,1H3;1-2,5,8-9,12H,3-4,6-7H2. The van der Waals surface area contributed by atoms with E-state index in [9.17, 15) is 0 Å². The first kappa shape index (κ1) is 46.6. The van der Waals surface area contributed by atoms with Gasteiger partial charge in [-0.1, -0.05) is 46.4 Å². The quantitative estimate of drug-likeness (QED) is 0.125. The molecule has 10 rings (SSSR count). The van der Waals surface area contributed by atoms with Gasteiger partial charge in [0, 0.05) is 67.6 Å². The van der Waals surface area contributed by atoms with E-state index >= 15 is 0 Å². The van der Waals surface area contributed by atoms with E-state index < -0.39 is 0 Å². The van der Waals surface area contributed by atoms with Crippen molar-refractivity contribution in [3.05, 3.63) is 129 Å². The molecular weight excluding hydrogens is 930 g/mol. The fourth-order valence-corrected chi connectivity index (χ4v) is 8.65. The lowest BCUT2D eigenvalue weighted by Crippen LogP contribution is -2.37. The molecule has 1 N–H and O–H groups in total. The summed E-state index contributed by atoms with van der Waals surface area (Å²) in [4.78, 5) is 20.2. The van der Waals surface area contributed by atoms with Crippen LogP contribution in [0.15, 0.2) is 97.8 Å². The lowest BCUT2D eigenvalue weighted by Gasteiger charge is -2.32. The second-order valence-corrected chi connectivity index (χ2v) is 17.7. The van der Waals surface area contributed by atoms with Crippen LogP contribution in [0.3, 0.4) is 0 Å². The fraction of sp³-hybridized carbons (Fsp3) is 0.348. The SMILES string of the molecule is Cc1cc(OCCCl)nn1-c1ccc(Cl)c(Cl)c1.Cc1cc(OCCN2CCC(n3cnc4cccnc43)CC2)nn1-c1ccc(Cl)c(Cl)c1.c1cnc2c(c1)ncn2C1CCNCC1. The molecule has 0 radical (unpaired) electrons. The Morgan fingerprint density at radius 1 is 0.600 bits per heavy atom. The van der Waals surface area contributed by atoms with Crippen LogP contribution >= 0.6 is 58.0 Å². The van der Waals surface area contributed by atoms with E-state index in [0.717, 1.165) is 90.7 Å². The molecule has 2 aliphatic heterocycles. The number of nitrogens with one attached hydrogen (secondary N) is 1. The van der Waals surface area contributed by atoms with Crippen LogP contribution in [0.4, 0.5) is 0 Å². The van der Waals surface area contributed by atoms with Gasteiger partial charge in [0.2, 0.25) is 11.8 Å². The van der Waals surface area contributed by atoms with E-state index in [1.54, 1.807) is 28.9 Å². The van der Waals surface area contributed by atoms with Crippen molar-refractivity contribution >= 4 is 80.3 Å². The molecule has 0 aliphatic carbocycles. The Labute approximate surface area is 402 Å². The van der Waals surface area contributed by atoms with Gasteiger partial charge in [0.25, 0.3) is 0 Å². The van der Waals surface area contributed by atoms with Gasteiger partial charge in [-0.2, -0.15) is 0 Å². The molecule has 6 aromatic heterocycles. The average Bonchev–Trinajstić information content (AvgIpc) is 4.14. The van der Waals surface area contributed by atoms with Crippen molar-refractivity contribution in [1.29, 1.82) is 0 Å². The second kappa shape index (κ2) is 22.0. The van der Waals surface area contributed by atoms with Crippen LogP contribution in [-0.4, -0.2) is 105 Å². The number of hydrogen-bond acceptors (Lipinski definition) is 10. The summed E-state index contributed by atoms with van der Waals surface area (Å²) in [6.07, 6.45) is 12.0. The number of benzene rings is 2. The zero-order valence-electron chi connectivity index (χ0n) is 36.0. The summed E-state index contributed by atoms with van der Waals surface area (Å²) in [6, 6.07) is 23.5. The minimum Gasteiger partial charge on any atom is -0.475 e. The molecule has 0 unspecified atom stereocenters. The second-order valence-electron chi connectivity index (χ2n) is 15.7. The number of hydrogen-bond donors (Lipinski definition) is 1. The van der Waals surface area contributed by atoms with Gasteiger partial charge in [0.15, 0.2) is 11.3 Å². The number of piperidine rings is 2. The highest BCUT2D eigenvalue weighted by Crippen LogP contribution is 2.29. The maximum Gasteiger partial charge on any atom is 0.233 e. The van der Waals surface area contributed by atoms with Gasteiger partial charge in [0.05, 0.1) is 50.0 Å². The molecule has 2 aliphatic rings. The summed E-state index contributed by atoms with van der Waals surface area (Å²) in [6.45, 7) is 10.1. The average molecular weight is 979 g/mol. The lowest BCUT2D eigenvalue weighted by molar-refractivity contribution is 0.156. The van der Waals surface area contributed by atoms with Crippen molar-refractivity contribution in [2.24, 2.45) is 0 Å². The van der Waals surface area contributed by atoms with Crippen LogP contribution in [0.2, 0.25) is 20.1 Å². The van der Waals surface area contributed by atoms with Crippen molar-refractivity contribution in [1.82, 2.24) is 58.8 Å². The Balaban J connectivity index is 0.000000147. The van der Waals surface area contributed by atoms with Gasteiger partial charge in [-0.25, -0.2) is 29.3 Å². The molecule has 14 nitrogen and oxygen atoms in total. The minimum atomic E-state index is 0.429. The van der Waals surface area contributed by atoms with Crippen LogP contribution in [0.1, 0.15) is 49.2 Å². The topological polar surface area (TPSA) is 131 Å². The number of fused-ring (bicyclic) bond motifs is 2. The Bertz CT molecular complexity index is 2810. The highest BCUT2D eigenvalue weighted by molar-refractivity contribution is 6.42. The first-order valence-corrected chi connectivity index (χ1v) is 23.5. The van der Waals surface area contributed by atoms with Crippen molar-refractivity contribution in [3.8, 4) is 23.1 Å². The van der Waals surface area contributed by atoms with Crippen LogP contribution in [0.25, 0.3) is 33.7 Å². The van der Waals surface area contributed by atoms with Gasteiger partial charge >= 0.3 is 0 Å². The van der Waals surface area contributed by atoms with Gasteiger partial charge < -0.3 is 23.9 Å². The Kier molecular flexibility index (Phi) is 15.8. The van der Waals surface area contributed by atoms with E-state index in [1.807, 2.05) is 92.1 Å². The van der Waals surface area contributed by atoms with Crippen molar-refractivity contribution in [3.63, 3.8) is 0 Å². The number of nitrogens with zero attached hydrogens (tertiary/aromatic N) is 11. The molecule has 0 spiro atoms. The summed E-state index contributed by atoms with van der Waals surface area (Å²) in [7, 11) is 0. The maximum absolute atomic E-state index is 6.15. The number of pyridine rings is 2. The van der Waals surface area contributed by atoms with Crippen LogP contribution in [0.5, 0.6) is 11.8 Å². The Morgan fingerprint density at radius 3 is 1.58 bits per heavy atom. The van der Waals surface area contributed by atoms with Gasteiger partial charge in [0.1, 0.15) is 24.2 Å². The number of likely N-dealkylation sites (tertiary alicyclic amines) is 1. The number of halogens is 5. The number of alkyl halides is 1. The van der Waals surface area contributed by atoms with Crippen molar-refractivity contribution < 1.29 is 9.47 Å². The van der Waals surface area contributed by atoms with E-state index in [4.69, 9.17) is 67.5 Å². The molecule has 2 saturated heterocycles. The molecule has 8 heterocycles. The van der Waals surface area contributed by atoms with Crippen molar-refractivity contribution in [2.45, 2.75) is 51.6 Å². The van der Waals surface area contributed by atoms with E-state index in [0.29, 0.717) is 63.0 Å². The zero-order chi connectivity index (χ0) is 45.3. The first-order valence-electron chi connectivity index (χ1n) is 21.5. The smallest absolute Gasteiger partial charge is 0.233 e. The number of rotatable bonds is 11. The molecule has 65 heavy (non-hydrogen) atoms. The summed E-state index contributed by atoms with van der Waals surface area (Å²) in [5.41, 5.74) is 7.55. The zero-order valence-corrected chi connectivity index (χ0v) is 39.8. The molecule has 8 aromatic rings. The summed E-state index contributed by atoms with van der Waals surface area (Å²) >= 11 is 29.6. The normalized spacial score (nSPS) is 14.8. The highest BCUT2D eigenvalue weighted by atomic mass is 35.5. The highest BCUT2D eigenvalue weighted by Gasteiger charge is 2.23. The molecule has 0 amide bonds. The number of ether oxygens (including phenoxy) is 2. The summed E-state index contributed by atoms with van der Waals surface area (Å²) in [5.74, 6) is 1.58. The summed E-state index contributed by atoms with van der Waals surface area (Å²) in [5, 5.41) is 14.3. The fourth-order valence-electron chi connectivity index (χ4n) is 7.99. The number of aryl methyl sites for hydroxylation is 2. The Morgan fingerprint density at radius 2 is 1.09 bits per heavy atom. The molecule has 0 bridgehead atoms. The van der Waals surface area contributed by atoms with Gasteiger partial charge in [-0.15, -0.1) is 21.8 Å². The third-order valence-corrected chi connectivity index (χ3v) is 13.0. The third-order valence-electron chi connectivity index (χ3n) is 11.3. The first-order chi connectivity index (χ1) is 31.6. The van der Waals surface area contributed by atoms with Crippen LogP contribution < -0.4 is 14.8 Å². The van der Waals surface area contributed by atoms with Crippen LogP contribution in [0, 0.1) is 13.8 Å². The predicted molar refractivity (Wildman–Crippen MR) is 259 cm³/mol. The molecular formula is C46H49Cl5N12O2. The van der Waals surface area contributed by atoms with Gasteiger partial charge in [-0.05, 0) is 113 Å². The molecule has 2 fully saturated rings. The molecule has 19 heteroatoms. The molecule has 2 aromatic carbocycles. The third kappa shape index (κ3) is 11.5. The van der Waals surface area contributed by atoms with E-state index in [2.05, 4.69) is 49.5 Å². The Hall–Kier alpha value is -4.93. The van der Waals surface area contributed by atoms with Crippen LogP contribution in [-0.2, 0) is 0 Å². The minimum absolute atomic E-state index is 0.429. The molecule has 0 saturated carbocycles. The van der Waals surface area contributed by atoms with E-state index in [1.165, 1.54) is 12.8 Å². The summed E-state index contributed by atoms with van der Waals surface area (Å²) < 4.78 is 19.3.